The molecule has 3 aliphatic rings. The van der Waals surface area contributed by atoms with Crippen LogP contribution in [-0.2, 0) is 4.79 Å². The molecule has 0 bridgehead atoms. The summed E-state index contributed by atoms with van der Waals surface area (Å²) in [5.41, 5.74) is 0.924. The van der Waals surface area contributed by atoms with Crippen LogP contribution in [0.4, 0.5) is 0 Å². The monoisotopic (exact) mass is 359 g/mol. The van der Waals surface area contributed by atoms with E-state index in [0.29, 0.717) is 11.7 Å². The number of nitrogens with one attached hydrogen (secondary N) is 1. The van der Waals surface area contributed by atoms with Crippen LogP contribution in [0.5, 0.6) is 5.75 Å². The van der Waals surface area contributed by atoms with Gasteiger partial charge in [-0.15, -0.1) is 0 Å². The zero-order valence-corrected chi connectivity index (χ0v) is 16.0. The standard InChI is InChI=1S/C14H25N3O.C7H8O/c18-14(13-6-2-7-15-13)17-9-3-8-16(10-11-17)12-4-1-5-12;1-6-4-2-3-5-7(6)8/h12-13,15H,1-11H2;2-5,8H,1H3/t13-;/m1./s1. The van der Waals surface area contributed by atoms with Crippen LogP contribution in [-0.4, -0.2) is 65.6 Å². The molecular weight excluding hydrogens is 326 g/mol. The van der Waals surface area contributed by atoms with Gasteiger partial charge in [-0.05, 0) is 57.2 Å². The maximum absolute atomic E-state index is 12.4. The summed E-state index contributed by atoms with van der Waals surface area (Å²) in [6.07, 6.45) is 7.47. The fourth-order valence-electron chi connectivity index (χ4n) is 3.95. The van der Waals surface area contributed by atoms with Crippen molar-refractivity contribution in [2.75, 3.05) is 32.7 Å². The van der Waals surface area contributed by atoms with E-state index in [-0.39, 0.29) is 6.04 Å². The Morgan fingerprint density at radius 2 is 1.85 bits per heavy atom. The summed E-state index contributed by atoms with van der Waals surface area (Å²) < 4.78 is 0. The highest BCUT2D eigenvalue weighted by atomic mass is 16.3. The van der Waals surface area contributed by atoms with Crippen molar-refractivity contribution in [1.29, 1.82) is 0 Å². The predicted molar refractivity (Wildman–Crippen MR) is 104 cm³/mol. The Kier molecular flexibility index (Phi) is 6.92. The van der Waals surface area contributed by atoms with Crippen LogP contribution in [0, 0.1) is 6.92 Å². The first-order chi connectivity index (χ1) is 12.6. The fourth-order valence-corrected chi connectivity index (χ4v) is 3.95. The number of nitrogens with zero attached hydrogens (tertiary/aromatic N) is 2. The first kappa shape index (κ1) is 19.2. The molecule has 0 unspecified atom stereocenters. The van der Waals surface area contributed by atoms with E-state index in [4.69, 9.17) is 5.11 Å². The number of amides is 1. The van der Waals surface area contributed by atoms with E-state index >= 15 is 0 Å². The van der Waals surface area contributed by atoms with Crippen molar-refractivity contribution < 1.29 is 9.90 Å². The molecule has 2 heterocycles. The van der Waals surface area contributed by atoms with E-state index in [0.717, 1.165) is 57.0 Å². The summed E-state index contributed by atoms with van der Waals surface area (Å²) in [7, 11) is 0. The van der Waals surface area contributed by atoms with Gasteiger partial charge in [0.1, 0.15) is 5.75 Å². The van der Waals surface area contributed by atoms with Crippen LogP contribution < -0.4 is 5.32 Å². The Morgan fingerprint density at radius 1 is 1.04 bits per heavy atom. The number of phenolic OH excluding ortho intramolecular Hbond substituents is 1. The van der Waals surface area contributed by atoms with Gasteiger partial charge in [-0.2, -0.15) is 0 Å². The largest absolute Gasteiger partial charge is 0.508 e. The second-order valence-electron chi connectivity index (χ2n) is 7.73. The number of hydrogen-bond acceptors (Lipinski definition) is 4. The minimum absolute atomic E-state index is 0.111. The average molecular weight is 360 g/mol. The molecule has 1 atom stereocenters. The Morgan fingerprint density at radius 3 is 2.42 bits per heavy atom. The predicted octanol–water partition coefficient (Wildman–Crippen LogP) is 2.53. The molecule has 4 rings (SSSR count). The van der Waals surface area contributed by atoms with Crippen molar-refractivity contribution >= 4 is 5.91 Å². The van der Waals surface area contributed by atoms with Gasteiger partial charge in [0, 0.05) is 32.2 Å². The highest BCUT2D eigenvalue weighted by Gasteiger charge is 2.30. The molecule has 3 fully saturated rings. The first-order valence-electron chi connectivity index (χ1n) is 10.2. The van der Waals surface area contributed by atoms with Crippen LogP contribution in [0.15, 0.2) is 24.3 Å². The number of para-hydroxylation sites is 1. The normalized spacial score (nSPS) is 24.3. The highest BCUT2D eigenvalue weighted by molar-refractivity contribution is 5.82. The molecule has 0 aromatic heterocycles. The van der Waals surface area contributed by atoms with E-state index < -0.39 is 0 Å². The number of hydrogen-bond donors (Lipinski definition) is 2. The van der Waals surface area contributed by atoms with E-state index in [9.17, 15) is 4.79 Å². The third-order valence-electron chi connectivity index (χ3n) is 5.91. The lowest BCUT2D eigenvalue weighted by Gasteiger charge is -2.36. The smallest absolute Gasteiger partial charge is 0.239 e. The van der Waals surface area contributed by atoms with Crippen LogP contribution in [0.25, 0.3) is 0 Å². The Balaban J connectivity index is 0.000000206. The van der Waals surface area contributed by atoms with Gasteiger partial charge >= 0.3 is 0 Å². The van der Waals surface area contributed by atoms with Crippen LogP contribution >= 0.6 is 0 Å². The summed E-state index contributed by atoms with van der Waals surface area (Å²) in [6.45, 7) is 7.05. The molecule has 2 saturated heterocycles. The van der Waals surface area contributed by atoms with Gasteiger partial charge < -0.3 is 15.3 Å². The number of carbonyl (C=O) groups is 1. The summed E-state index contributed by atoms with van der Waals surface area (Å²) in [5.74, 6) is 0.718. The molecule has 1 aromatic carbocycles. The van der Waals surface area contributed by atoms with Crippen LogP contribution in [0.1, 0.15) is 44.1 Å². The maximum atomic E-state index is 12.4. The lowest BCUT2D eigenvalue weighted by Crippen LogP contribution is -2.46. The zero-order chi connectivity index (χ0) is 18.4. The molecule has 1 aromatic rings. The molecule has 2 N–H and O–H groups in total. The summed E-state index contributed by atoms with van der Waals surface area (Å²) in [4.78, 5) is 17.1. The minimum Gasteiger partial charge on any atom is -0.508 e. The van der Waals surface area contributed by atoms with Crippen LogP contribution in [0.2, 0.25) is 0 Å². The molecule has 1 aliphatic carbocycles. The molecule has 1 saturated carbocycles. The molecular formula is C21H33N3O2. The Labute approximate surface area is 157 Å². The van der Waals surface area contributed by atoms with Gasteiger partial charge in [-0.3, -0.25) is 9.69 Å². The Bertz CT molecular complexity index is 561. The van der Waals surface area contributed by atoms with Crippen molar-refractivity contribution in [3.8, 4) is 5.75 Å². The highest BCUT2D eigenvalue weighted by Crippen LogP contribution is 2.25. The SMILES string of the molecule is Cc1ccccc1O.O=C([C@H]1CCCN1)N1CCCN(C2CCC2)CC1. The average Bonchev–Trinajstić information content (AvgIpc) is 3.03. The summed E-state index contributed by atoms with van der Waals surface area (Å²) in [5, 5.41) is 12.2. The van der Waals surface area contributed by atoms with Crippen molar-refractivity contribution in [3.05, 3.63) is 29.8 Å². The molecule has 26 heavy (non-hydrogen) atoms. The van der Waals surface area contributed by atoms with Crippen molar-refractivity contribution in [2.45, 2.75) is 57.5 Å². The maximum Gasteiger partial charge on any atom is 0.239 e. The number of rotatable bonds is 2. The van der Waals surface area contributed by atoms with Crippen LogP contribution in [0.3, 0.4) is 0 Å². The Hall–Kier alpha value is -1.59. The van der Waals surface area contributed by atoms with Gasteiger partial charge in [-0.1, -0.05) is 24.6 Å². The molecule has 5 heteroatoms. The van der Waals surface area contributed by atoms with E-state index in [1.807, 2.05) is 25.1 Å². The minimum atomic E-state index is 0.111. The van der Waals surface area contributed by atoms with Gasteiger partial charge in [0.05, 0.1) is 6.04 Å². The molecule has 144 valence electrons. The first-order valence-corrected chi connectivity index (χ1v) is 10.2. The van der Waals surface area contributed by atoms with Gasteiger partial charge in [0.25, 0.3) is 0 Å². The third kappa shape index (κ3) is 4.98. The van der Waals surface area contributed by atoms with Gasteiger partial charge in [0.2, 0.25) is 5.91 Å². The number of phenols is 1. The van der Waals surface area contributed by atoms with Crippen molar-refractivity contribution in [3.63, 3.8) is 0 Å². The fraction of sp³-hybridized carbons (Fsp3) is 0.667. The lowest BCUT2D eigenvalue weighted by molar-refractivity contribution is -0.133. The number of benzene rings is 1. The quantitative estimate of drug-likeness (QED) is 0.852. The second-order valence-corrected chi connectivity index (χ2v) is 7.73. The molecule has 0 spiro atoms. The van der Waals surface area contributed by atoms with E-state index in [1.165, 1.54) is 25.8 Å². The number of carbonyl (C=O) groups excluding carboxylic acids is 1. The third-order valence-corrected chi connectivity index (χ3v) is 5.91. The number of aryl methyl sites for hydroxylation is 1. The summed E-state index contributed by atoms with van der Waals surface area (Å²) in [6, 6.07) is 8.19. The second kappa shape index (κ2) is 9.38. The topological polar surface area (TPSA) is 55.8 Å². The summed E-state index contributed by atoms with van der Waals surface area (Å²) >= 11 is 0. The van der Waals surface area contributed by atoms with E-state index in [2.05, 4.69) is 15.1 Å². The van der Waals surface area contributed by atoms with Crippen molar-refractivity contribution in [2.24, 2.45) is 0 Å². The number of aromatic hydroxyl groups is 1. The molecule has 5 nitrogen and oxygen atoms in total. The van der Waals surface area contributed by atoms with Crippen molar-refractivity contribution in [1.82, 2.24) is 15.1 Å². The van der Waals surface area contributed by atoms with E-state index in [1.54, 1.807) is 6.07 Å². The lowest BCUT2D eigenvalue weighted by atomic mass is 9.91. The zero-order valence-electron chi connectivity index (χ0n) is 16.0. The van der Waals surface area contributed by atoms with Gasteiger partial charge in [0.15, 0.2) is 0 Å². The molecule has 0 radical (unpaired) electrons. The van der Waals surface area contributed by atoms with Gasteiger partial charge in [-0.25, -0.2) is 0 Å². The molecule has 2 aliphatic heterocycles. The molecule has 1 amide bonds.